The van der Waals surface area contributed by atoms with Crippen molar-refractivity contribution >= 4 is 28.4 Å². The van der Waals surface area contributed by atoms with E-state index < -0.39 is 0 Å². The van der Waals surface area contributed by atoms with E-state index in [1.165, 1.54) is 16.3 Å². The van der Waals surface area contributed by atoms with E-state index in [4.69, 9.17) is 0 Å². The maximum Gasteiger partial charge on any atom is 0.230 e. The largest absolute Gasteiger partial charge is 0.349 e. The number of aryl methyl sites for hydroxylation is 1. The molecule has 3 aromatic rings. The Labute approximate surface area is 147 Å². The summed E-state index contributed by atoms with van der Waals surface area (Å²) in [5, 5.41) is 5.50. The van der Waals surface area contributed by atoms with Crippen molar-refractivity contribution in [2.45, 2.75) is 24.8 Å². The predicted octanol–water partition coefficient (Wildman–Crippen LogP) is 5.12. The van der Waals surface area contributed by atoms with Gasteiger partial charge in [-0.15, -0.1) is 11.8 Å². The zero-order valence-corrected chi connectivity index (χ0v) is 14.8. The second-order valence-corrected chi connectivity index (χ2v) is 7.05. The Morgan fingerprint density at radius 3 is 2.46 bits per heavy atom. The zero-order chi connectivity index (χ0) is 16.9. The van der Waals surface area contributed by atoms with Gasteiger partial charge in [-0.05, 0) is 48.4 Å². The van der Waals surface area contributed by atoms with E-state index in [1.54, 1.807) is 11.8 Å². The van der Waals surface area contributed by atoms with E-state index in [2.05, 4.69) is 66.8 Å². The molecule has 0 fully saturated rings. The molecule has 1 atom stereocenters. The molecule has 3 rings (SSSR count). The fourth-order valence-corrected chi connectivity index (χ4v) is 3.34. The number of carbonyl (C=O) groups is 1. The summed E-state index contributed by atoms with van der Waals surface area (Å²) in [6.07, 6.45) is 0. The van der Waals surface area contributed by atoms with Gasteiger partial charge >= 0.3 is 0 Å². The Morgan fingerprint density at radius 2 is 1.71 bits per heavy atom. The zero-order valence-electron chi connectivity index (χ0n) is 14.0. The molecule has 122 valence electrons. The molecule has 0 aliphatic heterocycles. The fourth-order valence-electron chi connectivity index (χ4n) is 2.63. The molecule has 0 heterocycles. The third kappa shape index (κ3) is 4.18. The second kappa shape index (κ2) is 7.54. The molecule has 0 radical (unpaired) electrons. The quantitative estimate of drug-likeness (QED) is 0.656. The van der Waals surface area contributed by atoms with E-state index in [1.807, 2.05) is 19.1 Å². The van der Waals surface area contributed by atoms with Gasteiger partial charge in [0.2, 0.25) is 5.91 Å². The van der Waals surface area contributed by atoms with Crippen LogP contribution >= 0.6 is 11.8 Å². The van der Waals surface area contributed by atoms with Crippen molar-refractivity contribution in [2.75, 3.05) is 5.75 Å². The molecule has 0 aliphatic carbocycles. The maximum absolute atomic E-state index is 12.2. The Kier molecular flexibility index (Phi) is 5.21. The van der Waals surface area contributed by atoms with Gasteiger partial charge in [-0.3, -0.25) is 4.79 Å². The van der Waals surface area contributed by atoms with Crippen molar-refractivity contribution < 1.29 is 4.79 Å². The van der Waals surface area contributed by atoms with E-state index in [0.29, 0.717) is 5.75 Å². The molecule has 1 N–H and O–H groups in total. The third-order valence-corrected chi connectivity index (χ3v) is 5.05. The van der Waals surface area contributed by atoms with E-state index >= 15 is 0 Å². The lowest BCUT2D eigenvalue weighted by Gasteiger charge is -2.15. The maximum atomic E-state index is 12.2. The van der Waals surface area contributed by atoms with Gasteiger partial charge in [0.1, 0.15) is 0 Å². The van der Waals surface area contributed by atoms with Gasteiger partial charge in [0.15, 0.2) is 0 Å². The van der Waals surface area contributed by atoms with Gasteiger partial charge in [0.25, 0.3) is 0 Å². The number of benzene rings is 3. The summed E-state index contributed by atoms with van der Waals surface area (Å²) < 4.78 is 0. The summed E-state index contributed by atoms with van der Waals surface area (Å²) in [5.41, 5.74) is 2.36. The third-order valence-electron chi connectivity index (χ3n) is 4.04. The molecule has 3 heteroatoms. The highest BCUT2D eigenvalue weighted by Gasteiger charge is 2.10. The van der Waals surface area contributed by atoms with Crippen molar-refractivity contribution in [2.24, 2.45) is 0 Å². The summed E-state index contributed by atoms with van der Waals surface area (Å²) in [4.78, 5) is 13.3. The van der Waals surface area contributed by atoms with Gasteiger partial charge in [-0.25, -0.2) is 0 Å². The second-order valence-electron chi connectivity index (χ2n) is 6.00. The number of hydrogen-bond acceptors (Lipinski definition) is 2. The standard InChI is InChI=1S/C21H21NOS/c1-15-7-11-20(12-8-15)24-14-21(23)22-16(2)18-10-9-17-5-3-4-6-19(17)13-18/h3-13,16H,14H2,1-2H3,(H,22,23)/t16-/m0/s1. The topological polar surface area (TPSA) is 29.1 Å². The normalized spacial score (nSPS) is 12.1. The smallest absolute Gasteiger partial charge is 0.230 e. The molecule has 24 heavy (non-hydrogen) atoms. The van der Waals surface area contributed by atoms with Crippen LogP contribution in [0.1, 0.15) is 24.1 Å². The molecular formula is C21H21NOS. The summed E-state index contributed by atoms with van der Waals surface area (Å²) in [6, 6.07) is 22.9. The molecular weight excluding hydrogens is 314 g/mol. The number of fused-ring (bicyclic) bond motifs is 1. The molecule has 2 nitrogen and oxygen atoms in total. The van der Waals surface area contributed by atoms with Crippen molar-refractivity contribution in [3.05, 3.63) is 77.9 Å². The highest BCUT2D eigenvalue weighted by atomic mass is 32.2. The molecule has 0 aromatic heterocycles. The fraction of sp³-hybridized carbons (Fsp3) is 0.190. The average molecular weight is 335 g/mol. The summed E-state index contributed by atoms with van der Waals surface area (Å²) >= 11 is 1.56. The van der Waals surface area contributed by atoms with Crippen LogP contribution in [-0.4, -0.2) is 11.7 Å². The first kappa shape index (κ1) is 16.6. The number of nitrogens with one attached hydrogen (secondary N) is 1. The molecule has 0 aliphatic rings. The number of hydrogen-bond donors (Lipinski definition) is 1. The SMILES string of the molecule is Cc1ccc(SCC(=O)N[C@@H](C)c2ccc3ccccc3c2)cc1. The first-order valence-corrected chi connectivity index (χ1v) is 9.08. The van der Waals surface area contributed by atoms with Gasteiger partial charge in [0.05, 0.1) is 11.8 Å². The Balaban J connectivity index is 1.59. The van der Waals surface area contributed by atoms with Gasteiger partial charge in [-0.2, -0.15) is 0 Å². The van der Waals surface area contributed by atoms with Gasteiger partial charge in [-0.1, -0.05) is 54.1 Å². The lowest BCUT2D eigenvalue weighted by atomic mass is 10.0. The summed E-state index contributed by atoms with van der Waals surface area (Å²) in [7, 11) is 0. The van der Waals surface area contributed by atoms with Crippen LogP contribution in [0.3, 0.4) is 0 Å². The summed E-state index contributed by atoms with van der Waals surface area (Å²) in [5.74, 6) is 0.488. The van der Waals surface area contributed by atoms with Crippen LogP contribution in [-0.2, 0) is 4.79 Å². The van der Waals surface area contributed by atoms with E-state index in [9.17, 15) is 4.79 Å². The molecule has 0 saturated heterocycles. The number of thioether (sulfide) groups is 1. The first-order valence-electron chi connectivity index (χ1n) is 8.09. The lowest BCUT2D eigenvalue weighted by Crippen LogP contribution is -2.28. The Hall–Kier alpha value is -2.26. The average Bonchev–Trinajstić information content (AvgIpc) is 2.61. The van der Waals surface area contributed by atoms with E-state index in [-0.39, 0.29) is 11.9 Å². The summed E-state index contributed by atoms with van der Waals surface area (Å²) in [6.45, 7) is 4.09. The van der Waals surface area contributed by atoms with Crippen LogP contribution in [0.25, 0.3) is 10.8 Å². The predicted molar refractivity (Wildman–Crippen MR) is 102 cm³/mol. The minimum absolute atomic E-state index is 0.000670. The molecule has 0 saturated carbocycles. The number of carbonyl (C=O) groups excluding carboxylic acids is 1. The van der Waals surface area contributed by atoms with E-state index in [0.717, 1.165) is 10.5 Å². The molecule has 0 spiro atoms. The molecule has 0 bridgehead atoms. The Morgan fingerprint density at radius 1 is 1.00 bits per heavy atom. The monoisotopic (exact) mass is 335 g/mol. The number of amides is 1. The van der Waals surface area contributed by atoms with Crippen LogP contribution in [0.15, 0.2) is 71.6 Å². The Bertz CT molecular complexity index is 842. The van der Waals surface area contributed by atoms with Crippen LogP contribution in [0.4, 0.5) is 0 Å². The van der Waals surface area contributed by atoms with Crippen molar-refractivity contribution in [1.29, 1.82) is 0 Å². The molecule has 0 unspecified atom stereocenters. The highest BCUT2D eigenvalue weighted by Crippen LogP contribution is 2.21. The lowest BCUT2D eigenvalue weighted by molar-refractivity contribution is -0.119. The van der Waals surface area contributed by atoms with Crippen molar-refractivity contribution in [3.63, 3.8) is 0 Å². The molecule has 1 amide bonds. The minimum atomic E-state index is 0.000670. The van der Waals surface area contributed by atoms with Crippen LogP contribution < -0.4 is 5.32 Å². The van der Waals surface area contributed by atoms with Gasteiger partial charge in [0, 0.05) is 4.90 Å². The van der Waals surface area contributed by atoms with Crippen LogP contribution in [0.2, 0.25) is 0 Å². The molecule has 3 aromatic carbocycles. The highest BCUT2D eigenvalue weighted by molar-refractivity contribution is 8.00. The minimum Gasteiger partial charge on any atom is -0.349 e. The van der Waals surface area contributed by atoms with Gasteiger partial charge < -0.3 is 5.32 Å². The van der Waals surface area contributed by atoms with Crippen molar-refractivity contribution in [1.82, 2.24) is 5.32 Å². The first-order chi connectivity index (χ1) is 11.6. The van der Waals surface area contributed by atoms with Crippen LogP contribution in [0.5, 0.6) is 0 Å². The number of rotatable bonds is 5. The van der Waals surface area contributed by atoms with Crippen LogP contribution in [0, 0.1) is 6.92 Å². The van der Waals surface area contributed by atoms with Crippen molar-refractivity contribution in [3.8, 4) is 0 Å².